The van der Waals surface area contributed by atoms with Crippen molar-refractivity contribution in [3.05, 3.63) is 30.3 Å². The van der Waals surface area contributed by atoms with Gasteiger partial charge in [-0.3, -0.25) is 4.55 Å². The van der Waals surface area contributed by atoms with Gasteiger partial charge in [0.25, 0.3) is 10.1 Å². The first kappa shape index (κ1) is 12.5. The molecular formula is C11H10N2O4S. The number of phenolic OH excluding ortho intramolecular Hbond substituents is 1. The molecule has 94 valence electrons. The zero-order valence-corrected chi connectivity index (χ0v) is 10.2. The van der Waals surface area contributed by atoms with E-state index in [1.165, 1.54) is 13.1 Å². The molecular weight excluding hydrogens is 256 g/mol. The highest BCUT2D eigenvalue weighted by Gasteiger charge is 2.21. The Balaban J connectivity index is 2.97. The molecule has 0 aliphatic heterocycles. The van der Waals surface area contributed by atoms with Gasteiger partial charge in [0.15, 0.2) is 5.75 Å². The second-order valence-corrected chi connectivity index (χ2v) is 4.96. The SMILES string of the molecule is C/N=N\c1c(S(=O)(=O)O)cc2ccccc2c1O. The van der Waals surface area contributed by atoms with Crippen LogP contribution in [0.5, 0.6) is 5.75 Å². The third-order valence-corrected chi connectivity index (χ3v) is 3.31. The van der Waals surface area contributed by atoms with Gasteiger partial charge in [0.2, 0.25) is 0 Å². The molecule has 0 spiro atoms. The Hall–Kier alpha value is -1.99. The van der Waals surface area contributed by atoms with Crippen LogP contribution >= 0.6 is 0 Å². The molecule has 0 unspecified atom stereocenters. The molecule has 0 atom stereocenters. The highest BCUT2D eigenvalue weighted by atomic mass is 32.2. The number of benzene rings is 2. The Bertz CT molecular complexity index is 738. The second kappa shape index (κ2) is 4.35. The minimum absolute atomic E-state index is 0.265. The Kier molecular flexibility index (Phi) is 3.02. The first-order chi connectivity index (χ1) is 8.45. The lowest BCUT2D eigenvalue weighted by atomic mass is 10.1. The van der Waals surface area contributed by atoms with Crippen molar-refractivity contribution in [2.24, 2.45) is 10.2 Å². The fourth-order valence-corrected chi connectivity index (χ4v) is 2.34. The lowest BCUT2D eigenvalue weighted by Gasteiger charge is -2.07. The molecule has 0 saturated carbocycles. The zero-order valence-electron chi connectivity index (χ0n) is 9.40. The molecule has 0 amide bonds. The van der Waals surface area contributed by atoms with Crippen LogP contribution < -0.4 is 0 Å². The number of aromatic hydroxyl groups is 1. The van der Waals surface area contributed by atoms with Gasteiger partial charge < -0.3 is 5.11 Å². The molecule has 2 aromatic carbocycles. The summed E-state index contributed by atoms with van der Waals surface area (Å²) in [5.41, 5.74) is -0.265. The van der Waals surface area contributed by atoms with Gasteiger partial charge in [-0.25, -0.2) is 0 Å². The molecule has 0 heterocycles. The summed E-state index contributed by atoms with van der Waals surface area (Å²) >= 11 is 0. The van der Waals surface area contributed by atoms with Gasteiger partial charge >= 0.3 is 0 Å². The normalized spacial score (nSPS) is 12.3. The molecule has 0 saturated heterocycles. The minimum atomic E-state index is -4.48. The van der Waals surface area contributed by atoms with Crippen molar-refractivity contribution in [2.45, 2.75) is 4.90 Å². The molecule has 2 N–H and O–H groups in total. The van der Waals surface area contributed by atoms with Crippen molar-refractivity contribution < 1.29 is 18.1 Å². The van der Waals surface area contributed by atoms with Crippen LogP contribution in [0.25, 0.3) is 10.8 Å². The van der Waals surface area contributed by atoms with Gasteiger partial charge in [0, 0.05) is 12.4 Å². The van der Waals surface area contributed by atoms with Crippen molar-refractivity contribution >= 4 is 26.6 Å². The van der Waals surface area contributed by atoms with Crippen molar-refractivity contribution in [2.75, 3.05) is 7.05 Å². The van der Waals surface area contributed by atoms with Crippen LogP contribution in [0.15, 0.2) is 45.5 Å². The predicted molar refractivity (Wildman–Crippen MR) is 65.9 cm³/mol. The summed E-state index contributed by atoms with van der Waals surface area (Å²) in [5, 5.41) is 17.9. The maximum atomic E-state index is 11.3. The minimum Gasteiger partial charge on any atom is -0.505 e. The van der Waals surface area contributed by atoms with E-state index in [1.54, 1.807) is 24.3 Å². The number of nitrogens with zero attached hydrogens (tertiary/aromatic N) is 2. The van der Waals surface area contributed by atoms with E-state index in [1.807, 2.05) is 0 Å². The fraction of sp³-hybridized carbons (Fsp3) is 0.0909. The third kappa shape index (κ3) is 2.05. The van der Waals surface area contributed by atoms with Gasteiger partial charge in [-0.05, 0) is 11.5 Å². The largest absolute Gasteiger partial charge is 0.505 e. The summed E-state index contributed by atoms with van der Waals surface area (Å²) in [6.45, 7) is 0. The highest BCUT2D eigenvalue weighted by Crippen LogP contribution is 2.40. The van der Waals surface area contributed by atoms with Crippen LogP contribution in [0, 0.1) is 0 Å². The molecule has 0 radical (unpaired) electrons. The topological polar surface area (TPSA) is 99.3 Å². The van der Waals surface area contributed by atoms with Crippen LogP contribution in [0.2, 0.25) is 0 Å². The van der Waals surface area contributed by atoms with Gasteiger partial charge in [0.05, 0.1) is 0 Å². The van der Waals surface area contributed by atoms with E-state index in [4.69, 9.17) is 4.55 Å². The zero-order chi connectivity index (χ0) is 13.3. The quantitative estimate of drug-likeness (QED) is 0.644. The number of hydrogen-bond donors (Lipinski definition) is 2. The Morgan fingerprint density at radius 1 is 1.22 bits per heavy atom. The number of fused-ring (bicyclic) bond motifs is 1. The van der Waals surface area contributed by atoms with Gasteiger partial charge in [-0.2, -0.15) is 18.6 Å². The van der Waals surface area contributed by atoms with Crippen LogP contribution in [0.3, 0.4) is 0 Å². The van der Waals surface area contributed by atoms with E-state index in [-0.39, 0.29) is 11.4 Å². The first-order valence-corrected chi connectivity index (χ1v) is 6.41. The number of rotatable bonds is 2. The molecule has 6 nitrogen and oxygen atoms in total. The molecule has 0 aromatic heterocycles. The Labute approximate surface area is 103 Å². The summed E-state index contributed by atoms with van der Waals surface area (Å²) in [4.78, 5) is -0.468. The smallest absolute Gasteiger partial charge is 0.296 e. The van der Waals surface area contributed by atoms with Crippen LogP contribution in [-0.2, 0) is 10.1 Å². The van der Waals surface area contributed by atoms with Crippen LogP contribution in [0.4, 0.5) is 5.69 Å². The van der Waals surface area contributed by atoms with Gasteiger partial charge in [0.1, 0.15) is 10.6 Å². The standard InChI is InChI=1S/C11H10N2O4S/c1-12-13-10-9(18(15,16)17)6-7-4-2-3-5-8(7)11(10)14/h2-6,14H,1H3,(H,15,16,17)/b13-12-. The third-order valence-electron chi connectivity index (χ3n) is 2.44. The van der Waals surface area contributed by atoms with Crippen LogP contribution in [-0.4, -0.2) is 25.1 Å². The van der Waals surface area contributed by atoms with E-state index < -0.39 is 15.0 Å². The first-order valence-electron chi connectivity index (χ1n) is 4.97. The van der Waals surface area contributed by atoms with E-state index in [0.717, 1.165) is 0 Å². The lowest BCUT2D eigenvalue weighted by molar-refractivity contribution is 0.472. The summed E-state index contributed by atoms with van der Waals surface area (Å²) in [6, 6.07) is 7.87. The van der Waals surface area contributed by atoms with Crippen molar-refractivity contribution in [1.82, 2.24) is 0 Å². The second-order valence-electron chi connectivity index (χ2n) is 3.57. The molecule has 2 aromatic rings. The number of hydrogen-bond acceptors (Lipinski definition) is 5. The fourth-order valence-electron chi connectivity index (χ4n) is 1.69. The number of phenols is 1. The Morgan fingerprint density at radius 3 is 2.50 bits per heavy atom. The summed E-state index contributed by atoms with van der Waals surface area (Å²) in [7, 11) is -3.15. The van der Waals surface area contributed by atoms with Crippen molar-refractivity contribution in [3.8, 4) is 5.75 Å². The van der Waals surface area contributed by atoms with Crippen LogP contribution in [0.1, 0.15) is 0 Å². The van der Waals surface area contributed by atoms with E-state index in [0.29, 0.717) is 10.8 Å². The van der Waals surface area contributed by atoms with Gasteiger partial charge in [-0.1, -0.05) is 24.3 Å². The molecule has 0 fully saturated rings. The molecule has 0 aliphatic carbocycles. The molecule has 2 rings (SSSR count). The average Bonchev–Trinajstić information content (AvgIpc) is 2.31. The monoisotopic (exact) mass is 266 g/mol. The maximum Gasteiger partial charge on any atom is 0.296 e. The molecule has 18 heavy (non-hydrogen) atoms. The predicted octanol–water partition coefficient (Wildman–Crippen LogP) is 2.51. The average molecular weight is 266 g/mol. The van der Waals surface area contributed by atoms with Gasteiger partial charge in [-0.15, -0.1) is 0 Å². The Morgan fingerprint density at radius 2 is 1.89 bits per heavy atom. The van der Waals surface area contributed by atoms with E-state index >= 15 is 0 Å². The summed E-state index contributed by atoms with van der Waals surface area (Å²) in [5.74, 6) is -0.327. The van der Waals surface area contributed by atoms with Crippen molar-refractivity contribution in [1.29, 1.82) is 0 Å². The summed E-state index contributed by atoms with van der Waals surface area (Å²) < 4.78 is 31.7. The number of azo groups is 1. The molecule has 0 aliphatic rings. The van der Waals surface area contributed by atoms with E-state index in [9.17, 15) is 13.5 Å². The maximum absolute atomic E-state index is 11.3. The van der Waals surface area contributed by atoms with Crippen molar-refractivity contribution in [3.63, 3.8) is 0 Å². The lowest BCUT2D eigenvalue weighted by Crippen LogP contribution is -1.99. The van der Waals surface area contributed by atoms with E-state index in [2.05, 4.69) is 10.2 Å². The summed E-state index contributed by atoms with van der Waals surface area (Å²) in [6.07, 6.45) is 0. The highest BCUT2D eigenvalue weighted by molar-refractivity contribution is 7.86. The molecule has 7 heteroatoms. The molecule has 0 bridgehead atoms.